The molecule has 2 aliphatic carbocycles. The third-order valence-corrected chi connectivity index (χ3v) is 14.5. The fourth-order valence-corrected chi connectivity index (χ4v) is 11.3. The Kier molecular flexibility index (Phi) is 13.1. The molecule has 0 heterocycles. The van der Waals surface area contributed by atoms with Crippen molar-refractivity contribution in [3.8, 4) is 0 Å². The summed E-state index contributed by atoms with van der Waals surface area (Å²) in [6, 6.07) is 31.4. The van der Waals surface area contributed by atoms with Crippen molar-refractivity contribution in [1.29, 1.82) is 0 Å². The quantitative estimate of drug-likeness (QED) is 0.0885. The molecule has 2 aliphatic rings. The smallest absolute Gasteiger partial charge is 0.247 e. The van der Waals surface area contributed by atoms with Crippen molar-refractivity contribution in [2.75, 3.05) is 10.6 Å². The van der Waals surface area contributed by atoms with Crippen LogP contribution in [0.15, 0.2) is 126 Å². The van der Waals surface area contributed by atoms with Crippen molar-refractivity contribution in [3.05, 3.63) is 161 Å². The van der Waals surface area contributed by atoms with Gasteiger partial charge in [-0.15, -0.1) is 0 Å². The van der Waals surface area contributed by atoms with Crippen LogP contribution in [0.1, 0.15) is 87.1 Å². The lowest BCUT2D eigenvalue weighted by atomic mass is 9.49. The molecule has 5 aromatic carbocycles. The molecule has 0 aromatic heterocycles. The summed E-state index contributed by atoms with van der Waals surface area (Å²) in [5, 5.41) is 8.34. The third-order valence-electron chi connectivity index (χ3n) is 13.0. The lowest BCUT2D eigenvalue weighted by Crippen LogP contribution is -2.58. The molecule has 324 valence electrons. The number of carbonyl (C=O) groups excluding carboxylic acids is 3. The molecule has 0 aliphatic heterocycles. The molecule has 62 heavy (non-hydrogen) atoms. The van der Waals surface area contributed by atoms with Crippen LogP contribution in [0.25, 0.3) is 0 Å². The Labute approximate surface area is 363 Å². The number of carbonyl (C=O) groups is 3. The van der Waals surface area contributed by atoms with Crippen LogP contribution in [0.2, 0.25) is 0 Å². The van der Waals surface area contributed by atoms with Gasteiger partial charge in [0.2, 0.25) is 27.7 Å². The minimum atomic E-state index is -4.38. The van der Waals surface area contributed by atoms with E-state index >= 15 is 0 Å². The van der Waals surface area contributed by atoms with Crippen molar-refractivity contribution in [2.45, 2.75) is 101 Å². The maximum Gasteiger partial charge on any atom is 0.247 e. The van der Waals surface area contributed by atoms with Crippen LogP contribution in [0.5, 0.6) is 0 Å². The van der Waals surface area contributed by atoms with E-state index in [4.69, 9.17) is 0 Å². The molecule has 7 rings (SSSR count). The van der Waals surface area contributed by atoms with E-state index in [1.165, 1.54) is 36.4 Å². The number of rotatable bonds is 14. The summed E-state index contributed by atoms with van der Waals surface area (Å²) in [6.45, 7) is 7.90. The number of para-hydroxylation sites is 2. The highest BCUT2D eigenvalue weighted by atomic mass is 32.2. The van der Waals surface area contributed by atoms with Gasteiger partial charge in [-0.1, -0.05) is 125 Å². The number of fused-ring (bicyclic) bond motifs is 3. The summed E-state index contributed by atoms with van der Waals surface area (Å²) in [6.07, 6.45) is 3.39. The van der Waals surface area contributed by atoms with E-state index < -0.39 is 56.4 Å². The first-order chi connectivity index (χ1) is 29.6. The summed E-state index contributed by atoms with van der Waals surface area (Å²) >= 11 is 0. The molecule has 0 unspecified atom stereocenters. The fourth-order valence-electron chi connectivity index (χ4n) is 9.71. The topological polar surface area (TPSA) is 133 Å². The zero-order chi connectivity index (χ0) is 44.2. The first-order valence-electron chi connectivity index (χ1n) is 21.3. The van der Waals surface area contributed by atoms with Crippen LogP contribution in [-0.2, 0) is 49.1 Å². The summed E-state index contributed by atoms with van der Waals surface area (Å²) < 4.78 is 61.6. The number of nitrogens with one attached hydrogen (secondary N) is 4. The summed E-state index contributed by atoms with van der Waals surface area (Å²) in [4.78, 5) is 42.5. The molecule has 3 amide bonds. The van der Waals surface area contributed by atoms with Gasteiger partial charge in [0.05, 0.1) is 21.7 Å². The van der Waals surface area contributed by atoms with Crippen LogP contribution in [-0.4, -0.2) is 38.2 Å². The second-order valence-corrected chi connectivity index (χ2v) is 19.2. The summed E-state index contributed by atoms with van der Waals surface area (Å²) in [5.41, 5.74) is 2.37. The third kappa shape index (κ3) is 9.36. The molecule has 5 atom stereocenters. The zero-order valence-electron chi connectivity index (χ0n) is 35.5. The molecular formula is C50H54F2N4O5S. The number of benzene rings is 5. The maximum atomic E-state index is 14.8. The van der Waals surface area contributed by atoms with E-state index in [1.807, 2.05) is 63.2 Å². The first-order valence-corrected chi connectivity index (χ1v) is 22.8. The van der Waals surface area contributed by atoms with E-state index in [9.17, 15) is 31.6 Å². The molecule has 4 N–H and O–H groups in total. The van der Waals surface area contributed by atoms with Crippen molar-refractivity contribution >= 4 is 39.1 Å². The molecule has 5 aromatic rings. The summed E-state index contributed by atoms with van der Waals surface area (Å²) in [7, 11) is -4.38. The van der Waals surface area contributed by atoms with Crippen molar-refractivity contribution in [3.63, 3.8) is 0 Å². The Hall–Kier alpha value is -5.72. The van der Waals surface area contributed by atoms with E-state index in [0.717, 1.165) is 16.7 Å². The Morgan fingerprint density at radius 1 is 0.710 bits per heavy atom. The molecule has 0 saturated heterocycles. The van der Waals surface area contributed by atoms with E-state index in [0.29, 0.717) is 43.2 Å². The van der Waals surface area contributed by atoms with Gasteiger partial charge in [-0.05, 0) is 108 Å². The van der Waals surface area contributed by atoms with Gasteiger partial charge in [-0.2, -0.15) is 4.72 Å². The highest BCUT2D eigenvalue weighted by Gasteiger charge is 2.55. The number of hydrogen-bond donors (Lipinski definition) is 4. The van der Waals surface area contributed by atoms with Crippen molar-refractivity contribution < 1.29 is 31.6 Å². The van der Waals surface area contributed by atoms with Crippen LogP contribution >= 0.6 is 0 Å². The lowest BCUT2D eigenvalue weighted by molar-refractivity contribution is -0.141. The van der Waals surface area contributed by atoms with Gasteiger partial charge in [0.25, 0.3) is 0 Å². The van der Waals surface area contributed by atoms with Gasteiger partial charge in [0.1, 0.15) is 23.7 Å². The molecule has 0 bridgehead atoms. The number of hydrogen-bond acceptors (Lipinski definition) is 5. The average molecular weight is 861 g/mol. The SMILES string of the molecule is CC(C)c1cc2c(cc1S(=O)(=O)N[C@@H](Cc1ccccc1)C(=O)Nc1ccccc1F)[C@@]1(C)CCC[C@@](C)(C(=O)N[C@@H](Cc3ccccc3)C(=O)Nc3ccccc3F)[C@@H]1CC2. The molecule has 12 heteroatoms. The maximum absolute atomic E-state index is 14.8. The average Bonchev–Trinajstić information content (AvgIpc) is 3.25. The number of sulfonamides is 1. The monoisotopic (exact) mass is 860 g/mol. The highest BCUT2D eigenvalue weighted by molar-refractivity contribution is 7.89. The largest absolute Gasteiger partial charge is 0.343 e. The highest BCUT2D eigenvalue weighted by Crippen LogP contribution is 2.58. The predicted molar refractivity (Wildman–Crippen MR) is 238 cm³/mol. The number of halogens is 2. The van der Waals surface area contributed by atoms with Gasteiger partial charge in [0.15, 0.2) is 0 Å². The predicted octanol–water partition coefficient (Wildman–Crippen LogP) is 8.99. The second kappa shape index (κ2) is 18.3. The molecule has 1 fully saturated rings. The van der Waals surface area contributed by atoms with Gasteiger partial charge in [-0.3, -0.25) is 14.4 Å². The Bertz CT molecular complexity index is 2560. The Morgan fingerprint density at radius 2 is 1.23 bits per heavy atom. The number of amides is 3. The van der Waals surface area contributed by atoms with Crippen LogP contribution in [0.3, 0.4) is 0 Å². The zero-order valence-corrected chi connectivity index (χ0v) is 36.3. The second-order valence-electron chi connectivity index (χ2n) is 17.5. The molecule has 9 nitrogen and oxygen atoms in total. The van der Waals surface area contributed by atoms with Crippen LogP contribution in [0.4, 0.5) is 20.2 Å². The van der Waals surface area contributed by atoms with Crippen molar-refractivity contribution in [1.82, 2.24) is 10.0 Å². The standard InChI is InChI=1S/C50H54F2N4O5S/c1-32(2)36-30-35-24-25-45-49(3,26-15-27-50(45,4)48(59)55-42(28-33-16-7-5-8-17-33)46(57)53-40-22-13-11-20-38(40)51)37(35)31-44(36)62(60,61)56-43(29-34-18-9-6-10-19-34)47(58)54-41-23-14-12-21-39(41)52/h5-14,16-23,30-32,42-43,45,56H,15,24-29H2,1-4H3,(H,53,57)(H,54,58)(H,55,59)/t42-,43-,45+,49+,50+/m0/s1. The van der Waals surface area contributed by atoms with Crippen LogP contribution < -0.4 is 20.7 Å². The first kappa shape index (κ1) is 44.3. The summed E-state index contributed by atoms with van der Waals surface area (Å²) in [5.74, 6) is -3.20. The molecule has 0 radical (unpaired) electrons. The number of anilines is 2. The lowest BCUT2D eigenvalue weighted by Gasteiger charge is -2.55. The van der Waals surface area contributed by atoms with E-state index in [2.05, 4.69) is 27.6 Å². The minimum absolute atomic E-state index is 0.0130. The molecule has 1 saturated carbocycles. The fraction of sp³-hybridized carbons (Fsp3) is 0.340. The van der Waals surface area contributed by atoms with E-state index in [-0.39, 0.29) is 46.9 Å². The Morgan fingerprint density at radius 3 is 1.77 bits per heavy atom. The number of aryl methyl sites for hydroxylation is 1. The van der Waals surface area contributed by atoms with Gasteiger partial charge < -0.3 is 16.0 Å². The minimum Gasteiger partial charge on any atom is -0.343 e. The van der Waals surface area contributed by atoms with Gasteiger partial charge in [-0.25, -0.2) is 17.2 Å². The molecule has 0 spiro atoms. The Balaban J connectivity index is 1.20. The van der Waals surface area contributed by atoms with Gasteiger partial charge >= 0.3 is 0 Å². The van der Waals surface area contributed by atoms with Gasteiger partial charge in [0, 0.05) is 6.42 Å². The molecular weight excluding hydrogens is 807 g/mol. The van der Waals surface area contributed by atoms with Crippen LogP contribution in [0, 0.1) is 23.0 Å². The van der Waals surface area contributed by atoms with Crippen molar-refractivity contribution in [2.24, 2.45) is 11.3 Å². The normalized spacial score (nSPS) is 20.6. The van der Waals surface area contributed by atoms with E-state index in [1.54, 1.807) is 42.5 Å².